The lowest BCUT2D eigenvalue weighted by atomic mass is 9.97. The lowest BCUT2D eigenvalue weighted by Gasteiger charge is -2.31. The molecule has 1 fully saturated rings. The van der Waals surface area contributed by atoms with Crippen molar-refractivity contribution in [2.45, 2.75) is 31.6 Å². The Balaban J connectivity index is 1.51. The Labute approximate surface area is 165 Å². The summed E-state index contributed by atoms with van der Waals surface area (Å²) in [4.78, 5) is 14.3. The number of carbonyl (C=O) groups is 1. The topological polar surface area (TPSA) is 97.4 Å². The molecule has 0 aliphatic carbocycles. The number of hydrogen-bond acceptors (Lipinski definition) is 5. The first-order valence-electron chi connectivity index (χ1n) is 9.28. The van der Waals surface area contributed by atoms with Gasteiger partial charge < -0.3 is 9.32 Å². The molecule has 1 aliphatic heterocycles. The maximum Gasteiger partial charge on any atom is 0.246 e. The molecule has 0 spiro atoms. The highest BCUT2D eigenvalue weighted by Crippen LogP contribution is 2.21. The van der Waals surface area contributed by atoms with Gasteiger partial charge in [0.05, 0.1) is 17.7 Å². The molecule has 9 heteroatoms. The van der Waals surface area contributed by atoms with Crippen LogP contribution in [-0.4, -0.2) is 48.6 Å². The van der Waals surface area contributed by atoms with Gasteiger partial charge in [0, 0.05) is 32.8 Å². The molecule has 0 bridgehead atoms. The second-order valence-electron chi connectivity index (χ2n) is 7.09. The van der Waals surface area contributed by atoms with Gasteiger partial charge in [0.2, 0.25) is 15.9 Å². The number of likely N-dealkylation sites (tertiary alicyclic amines) is 1. The van der Waals surface area contributed by atoms with E-state index in [0.29, 0.717) is 36.8 Å². The summed E-state index contributed by atoms with van der Waals surface area (Å²) >= 11 is 0. The van der Waals surface area contributed by atoms with Crippen LogP contribution in [0.1, 0.15) is 30.0 Å². The molecule has 0 radical (unpaired) electrons. The zero-order chi connectivity index (χ0) is 20.3. The summed E-state index contributed by atoms with van der Waals surface area (Å²) in [6, 6.07) is 3.55. The van der Waals surface area contributed by atoms with E-state index in [0.717, 1.165) is 12.8 Å². The Morgan fingerprint density at radius 3 is 2.64 bits per heavy atom. The third-order valence-corrected chi connectivity index (χ3v) is 6.81. The van der Waals surface area contributed by atoms with Gasteiger partial charge in [0.1, 0.15) is 10.7 Å². The van der Waals surface area contributed by atoms with Crippen molar-refractivity contribution in [1.82, 2.24) is 19.4 Å². The van der Waals surface area contributed by atoms with Crippen molar-refractivity contribution in [3.63, 3.8) is 0 Å². The zero-order valence-electron chi connectivity index (χ0n) is 16.4. The molecule has 2 aromatic heterocycles. The number of rotatable bonds is 6. The third-order valence-electron chi connectivity index (χ3n) is 5.13. The van der Waals surface area contributed by atoms with Gasteiger partial charge in [-0.1, -0.05) is 0 Å². The van der Waals surface area contributed by atoms with E-state index in [1.165, 1.54) is 6.08 Å². The molecule has 3 heterocycles. The summed E-state index contributed by atoms with van der Waals surface area (Å²) in [5, 5.41) is 4.18. The number of nitrogens with one attached hydrogen (secondary N) is 1. The summed E-state index contributed by atoms with van der Waals surface area (Å²) < 4.78 is 34.8. The smallest absolute Gasteiger partial charge is 0.246 e. The van der Waals surface area contributed by atoms with Crippen LogP contribution in [0.5, 0.6) is 0 Å². The van der Waals surface area contributed by atoms with Gasteiger partial charge in [-0.25, -0.2) is 13.1 Å². The highest BCUT2D eigenvalue weighted by atomic mass is 32.2. The molecule has 3 rings (SSSR count). The number of carbonyl (C=O) groups excluding carboxylic acids is 1. The lowest BCUT2D eigenvalue weighted by molar-refractivity contribution is -0.127. The highest BCUT2D eigenvalue weighted by molar-refractivity contribution is 7.89. The first-order valence-corrected chi connectivity index (χ1v) is 10.8. The van der Waals surface area contributed by atoms with E-state index >= 15 is 0 Å². The van der Waals surface area contributed by atoms with Crippen LogP contribution in [0.2, 0.25) is 0 Å². The number of amides is 1. The zero-order valence-corrected chi connectivity index (χ0v) is 17.2. The molecule has 0 atom stereocenters. The van der Waals surface area contributed by atoms with Crippen LogP contribution in [0.3, 0.4) is 0 Å². The molecule has 1 saturated heterocycles. The van der Waals surface area contributed by atoms with Gasteiger partial charge in [-0.05, 0) is 50.8 Å². The summed E-state index contributed by atoms with van der Waals surface area (Å²) in [5.41, 5.74) is 1.12. The molecule has 1 amide bonds. The van der Waals surface area contributed by atoms with Gasteiger partial charge in [-0.2, -0.15) is 5.10 Å². The van der Waals surface area contributed by atoms with Crippen molar-refractivity contribution >= 4 is 22.0 Å². The highest BCUT2D eigenvalue weighted by Gasteiger charge is 2.26. The van der Waals surface area contributed by atoms with E-state index in [4.69, 9.17) is 4.42 Å². The van der Waals surface area contributed by atoms with E-state index < -0.39 is 10.0 Å². The normalized spacial score (nSPS) is 16.2. The summed E-state index contributed by atoms with van der Waals surface area (Å²) in [5.74, 6) is 0.779. The number of hydrogen-bond donors (Lipinski definition) is 1. The molecule has 2 aromatic rings. The number of aryl methyl sites for hydroxylation is 2. The largest absolute Gasteiger partial charge is 0.465 e. The molecule has 1 aliphatic rings. The van der Waals surface area contributed by atoms with Crippen molar-refractivity contribution in [2.75, 3.05) is 19.6 Å². The SMILES string of the molecule is Cc1nn(C)c(C)c1S(=O)(=O)NCC1CCN(C(=O)/C=C/c2ccco2)CC1. The van der Waals surface area contributed by atoms with E-state index in [2.05, 4.69) is 9.82 Å². The summed E-state index contributed by atoms with van der Waals surface area (Å²) in [6.45, 7) is 5.02. The molecule has 0 aromatic carbocycles. The Hall–Kier alpha value is -2.39. The average molecular weight is 407 g/mol. The van der Waals surface area contributed by atoms with Crippen LogP contribution < -0.4 is 4.72 Å². The van der Waals surface area contributed by atoms with Gasteiger partial charge >= 0.3 is 0 Å². The second kappa shape index (κ2) is 8.32. The second-order valence-corrected chi connectivity index (χ2v) is 8.80. The first kappa shape index (κ1) is 20.3. The number of nitrogens with zero attached hydrogens (tertiary/aromatic N) is 3. The quantitative estimate of drug-likeness (QED) is 0.739. The standard InChI is InChI=1S/C19H26N4O4S/c1-14-19(15(2)22(3)21-14)28(25,26)20-13-16-8-10-23(11-9-16)18(24)7-6-17-5-4-12-27-17/h4-7,12,16,20H,8-11,13H2,1-3H3/b7-6+. The first-order chi connectivity index (χ1) is 13.3. The summed E-state index contributed by atoms with van der Waals surface area (Å²) in [6.07, 6.45) is 6.24. The predicted octanol–water partition coefficient (Wildman–Crippen LogP) is 1.86. The van der Waals surface area contributed by atoms with Crippen molar-refractivity contribution < 1.29 is 17.6 Å². The number of sulfonamides is 1. The van der Waals surface area contributed by atoms with Gasteiger partial charge in [-0.15, -0.1) is 0 Å². The predicted molar refractivity (Wildman–Crippen MR) is 105 cm³/mol. The van der Waals surface area contributed by atoms with Crippen LogP contribution in [0.4, 0.5) is 0 Å². The third kappa shape index (κ3) is 4.53. The molecule has 152 valence electrons. The van der Waals surface area contributed by atoms with Gasteiger partial charge in [0.15, 0.2) is 0 Å². The number of aromatic nitrogens is 2. The fraction of sp³-hybridized carbons (Fsp3) is 0.474. The van der Waals surface area contributed by atoms with Crippen molar-refractivity contribution in [3.05, 3.63) is 41.6 Å². The maximum atomic E-state index is 12.7. The van der Waals surface area contributed by atoms with Gasteiger partial charge in [-0.3, -0.25) is 9.48 Å². The molecule has 0 unspecified atom stereocenters. The average Bonchev–Trinajstić information content (AvgIpc) is 3.26. The van der Waals surface area contributed by atoms with Gasteiger partial charge in [0.25, 0.3) is 0 Å². The van der Waals surface area contributed by atoms with Crippen molar-refractivity contribution in [3.8, 4) is 0 Å². The molecular weight excluding hydrogens is 380 g/mol. The number of furan rings is 1. The fourth-order valence-electron chi connectivity index (χ4n) is 3.45. The van der Waals surface area contributed by atoms with Crippen LogP contribution in [0.15, 0.2) is 33.8 Å². The molecule has 0 saturated carbocycles. The van der Waals surface area contributed by atoms with E-state index in [1.807, 2.05) is 0 Å². The molecular formula is C19H26N4O4S. The molecule has 28 heavy (non-hydrogen) atoms. The van der Waals surface area contributed by atoms with Crippen LogP contribution in [0.25, 0.3) is 6.08 Å². The molecule has 8 nitrogen and oxygen atoms in total. The lowest BCUT2D eigenvalue weighted by Crippen LogP contribution is -2.41. The van der Waals surface area contributed by atoms with E-state index in [1.54, 1.807) is 54.9 Å². The Morgan fingerprint density at radius 2 is 2.07 bits per heavy atom. The fourth-order valence-corrected chi connectivity index (χ4v) is 5.00. The summed E-state index contributed by atoms with van der Waals surface area (Å²) in [7, 11) is -1.87. The molecule has 1 N–H and O–H groups in total. The van der Waals surface area contributed by atoms with Crippen LogP contribution in [0, 0.1) is 19.8 Å². The van der Waals surface area contributed by atoms with Crippen LogP contribution in [-0.2, 0) is 21.9 Å². The minimum Gasteiger partial charge on any atom is -0.465 e. The Morgan fingerprint density at radius 1 is 1.36 bits per heavy atom. The van der Waals surface area contributed by atoms with Crippen molar-refractivity contribution in [1.29, 1.82) is 0 Å². The minimum absolute atomic E-state index is 0.0583. The minimum atomic E-state index is -3.60. The van der Waals surface area contributed by atoms with E-state index in [-0.39, 0.29) is 16.7 Å². The Bertz CT molecular complexity index is 952. The number of piperidine rings is 1. The monoisotopic (exact) mass is 406 g/mol. The van der Waals surface area contributed by atoms with E-state index in [9.17, 15) is 13.2 Å². The van der Waals surface area contributed by atoms with Crippen LogP contribution >= 0.6 is 0 Å². The maximum absolute atomic E-state index is 12.7. The Kier molecular flexibility index (Phi) is 6.04. The van der Waals surface area contributed by atoms with Crippen molar-refractivity contribution in [2.24, 2.45) is 13.0 Å².